The Labute approximate surface area is 92.9 Å². The number of hydrogen-bond acceptors (Lipinski definition) is 4. The van der Waals surface area contributed by atoms with E-state index in [1.54, 1.807) is 23.9 Å². The molecule has 0 aliphatic heterocycles. The van der Waals surface area contributed by atoms with Gasteiger partial charge in [0.15, 0.2) is 0 Å². The van der Waals surface area contributed by atoms with E-state index in [-0.39, 0.29) is 6.04 Å². The minimum Gasteiger partial charge on any atom is -0.472 e. The molecule has 15 heavy (non-hydrogen) atoms. The van der Waals surface area contributed by atoms with Gasteiger partial charge >= 0.3 is 0 Å². The summed E-state index contributed by atoms with van der Waals surface area (Å²) >= 11 is 1.72. The molecule has 1 unspecified atom stereocenters. The molecule has 3 nitrogen and oxygen atoms in total. The molecule has 80 valence electrons. The molecular weight excluding hydrogens is 208 g/mol. The van der Waals surface area contributed by atoms with E-state index in [0.717, 1.165) is 22.7 Å². The van der Waals surface area contributed by atoms with Gasteiger partial charge in [0, 0.05) is 22.9 Å². The fourth-order valence-electron chi connectivity index (χ4n) is 1.42. The summed E-state index contributed by atoms with van der Waals surface area (Å²) < 4.78 is 5.01. The number of thiazole rings is 1. The van der Waals surface area contributed by atoms with Gasteiger partial charge < -0.3 is 10.2 Å². The summed E-state index contributed by atoms with van der Waals surface area (Å²) in [6.45, 7) is 4.11. The molecule has 4 heteroatoms. The average molecular weight is 222 g/mol. The summed E-state index contributed by atoms with van der Waals surface area (Å²) in [7, 11) is 0. The molecule has 0 saturated heterocycles. The molecule has 2 aromatic heterocycles. The third-order valence-electron chi connectivity index (χ3n) is 2.44. The third kappa shape index (κ3) is 2.27. The summed E-state index contributed by atoms with van der Waals surface area (Å²) in [5, 5.41) is 1.10. The predicted octanol–water partition coefficient (Wildman–Crippen LogP) is 2.60. The van der Waals surface area contributed by atoms with Crippen LogP contribution >= 0.6 is 11.3 Å². The molecule has 0 aromatic carbocycles. The molecule has 0 radical (unpaired) electrons. The van der Waals surface area contributed by atoms with Crippen LogP contribution in [0.1, 0.15) is 27.2 Å². The van der Waals surface area contributed by atoms with E-state index in [2.05, 4.69) is 11.9 Å². The van der Waals surface area contributed by atoms with Crippen LogP contribution in [-0.2, 0) is 6.42 Å². The molecule has 0 spiro atoms. The first-order valence-corrected chi connectivity index (χ1v) is 5.69. The van der Waals surface area contributed by atoms with E-state index in [1.165, 1.54) is 4.88 Å². The van der Waals surface area contributed by atoms with Gasteiger partial charge in [-0.2, -0.15) is 0 Å². The van der Waals surface area contributed by atoms with Crippen molar-refractivity contribution in [3.63, 3.8) is 0 Å². The molecular formula is C11H14N2OS. The molecule has 2 rings (SSSR count). The number of nitrogens with zero attached hydrogens (tertiary/aromatic N) is 1. The van der Waals surface area contributed by atoms with Gasteiger partial charge in [-0.3, -0.25) is 0 Å². The van der Waals surface area contributed by atoms with Gasteiger partial charge in [0.2, 0.25) is 0 Å². The normalized spacial score (nSPS) is 13.0. The van der Waals surface area contributed by atoms with Crippen LogP contribution < -0.4 is 5.73 Å². The van der Waals surface area contributed by atoms with E-state index in [1.807, 2.05) is 13.0 Å². The van der Waals surface area contributed by atoms with Crippen LogP contribution in [0.3, 0.4) is 0 Å². The SMILES string of the molecule is Cc1nc(CC(N)c2ccoc2)sc1C. The predicted molar refractivity (Wildman–Crippen MR) is 60.9 cm³/mol. The number of hydrogen-bond donors (Lipinski definition) is 1. The lowest BCUT2D eigenvalue weighted by molar-refractivity contribution is 0.558. The second-order valence-corrected chi connectivity index (χ2v) is 4.90. The van der Waals surface area contributed by atoms with Crippen LogP contribution in [0, 0.1) is 13.8 Å². The summed E-state index contributed by atoms with van der Waals surface area (Å²) in [4.78, 5) is 5.74. The lowest BCUT2D eigenvalue weighted by Gasteiger charge is -2.05. The summed E-state index contributed by atoms with van der Waals surface area (Å²) in [5.74, 6) is 0. The second-order valence-electron chi connectivity index (χ2n) is 3.62. The Morgan fingerprint density at radius 1 is 1.53 bits per heavy atom. The van der Waals surface area contributed by atoms with Crippen molar-refractivity contribution in [1.82, 2.24) is 4.98 Å². The van der Waals surface area contributed by atoms with Gasteiger partial charge in [-0.1, -0.05) is 0 Å². The number of furan rings is 1. The van der Waals surface area contributed by atoms with Crippen molar-refractivity contribution in [3.8, 4) is 0 Å². The van der Waals surface area contributed by atoms with Crippen molar-refractivity contribution in [3.05, 3.63) is 39.7 Å². The van der Waals surface area contributed by atoms with E-state index in [0.29, 0.717) is 0 Å². The van der Waals surface area contributed by atoms with Crippen LogP contribution in [-0.4, -0.2) is 4.98 Å². The zero-order valence-electron chi connectivity index (χ0n) is 8.86. The highest BCUT2D eigenvalue weighted by molar-refractivity contribution is 7.11. The molecule has 2 heterocycles. The van der Waals surface area contributed by atoms with Crippen LogP contribution in [0.15, 0.2) is 23.0 Å². The highest BCUT2D eigenvalue weighted by atomic mass is 32.1. The molecule has 2 aromatic rings. The minimum atomic E-state index is -0.0197. The maximum Gasteiger partial charge on any atom is 0.0950 e. The Hall–Kier alpha value is -1.13. The molecule has 0 aliphatic rings. The summed E-state index contributed by atoms with van der Waals surface area (Å²) in [6, 6.07) is 1.88. The lowest BCUT2D eigenvalue weighted by atomic mass is 10.1. The third-order valence-corrected chi connectivity index (χ3v) is 3.53. The smallest absolute Gasteiger partial charge is 0.0950 e. The van der Waals surface area contributed by atoms with Crippen LogP contribution in [0.25, 0.3) is 0 Å². The Morgan fingerprint density at radius 2 is 2.33 bits per heavy atom. The quantitative estimate of drug-likeness (QED) is 0.868. The average Bonchev–Trinajstić information content (AvgIpc) is 2.77. The van der Waals surface area contributed by atoms with Crippen molar-refractivity contribution in [2.24, 2.45) is 5.73 Å². The topological polar surface area (TPSA) is 52.0 Å². The van der Waals surface area contributed by atoms with Crippen molar-refractivity contribution < 1.29 is 4.42 Å². The molecule has 0 saturated carbocycles. The van der Waals surface area contributed by atoms with Gasteiger partial charge in [0.25, 0.3) is 0 Å². The van der Waals surface area contributed by atoms with Gasteiger partial charge in [-0.15, -0.1) is 11.3 Å². The van der Waals surface area contributed by atoms with Crippen LogP contribution in [0.5, 0.6) is 0 Å². The van der Waals surface area contributed by atoms with Gasteiger partial charge in [-0.25, -0.2) is 4.98 Å². The maximum atomic E-state index is 6.04. The zero-order valence-corrected chi connectivity index (χ0v) is 9.67. The Kier molecular flexibility index (Phi) is 2.88. The zero-order chi connectivity index (χ0) is 10.8. The van der Waals surface area contributed by atoms with E-state index >= 15 is 0 Å². The van der Waals surface area contributed by atoms with Crippen LogP contribution in [0.4, 0.5) is 0 Å². The standard InChI is InChI=1S/C11H14N2OS/c1-7-8(2)15-11(13-7)5-10(12)9-3-4-14-6-9/h3-4,6,10H,5,12H2,1-2H3. The first-order valence-electron chi connectivity index (χ1n) is 4.87. The number of aryl methyl sites for hydroxylation is 2. The van der Waals surface area contributed by atoms with E-state index < -0.39 is 0 Å². The minimum absolute atomic E-state index is 0.0197. The molecule has 0 fully saturated rings. The molecule has 0 aliphatic carbocycles. The highest BCUT2D eigenvalue weighted by Crippen LogP contribution is 2.22. The first kappa shape index (κ1) is 10.4. The molecule has 1 atom stereocenters. The lowest BCUT2D eigenvalue weighted by Crippen LogP contribution is -2.12. The fraction of sp³-hybridized carbons (Fsp3) is 0.364. The Balaban J connectivity index is 2.09. The monoisotopic (exact) mass is 222 g/mol. The van der Waals surface area contributed by atoms with Crippen LogP contribution in [0.2, 0.25) is 0 Å². The van der Waals surface area contributed by atoms with Crippen molar-refractivity contribution in [1.29, 1.82) is 0 Å². The molecule has 0 amide bonds. The Morgan fingerprint density at radius 3 is 2.87 bits per heavy atom. The van der Waals surface area contributed by atoms with E-state index in [9.17, 15) is 0 Å². The van der Waals surface area contributed by atoms with Crippen molar-refractivity contribution in [2.75, 3.05) is 0 Å². The fourth-order valence-corrected chi connectivity index (χ4v) is 2.41. The number of nitrogens with two attached hydrogens (primary N) is 1. The largest absolute Gasteiger partial charge is 0.472 e. The van der Waals surface area contributed by atoms with E-state index in [4.69, 9.17) is 10.2 Å². The van der Waals surface area contributed by atoms with Gasteiger partial charge in [-0.05, 0) is 19.9 Å². The first-order chi connectivity index (χ1) is 7.16. The Bertz CT molecular complexity index is 414. The number of aromatic nitrogens is 1. The van der Waals surface area contributed by atoms with Gasteiger partial charge in [0.05, 0.1) is 23.2 Å². The second kappa shape index (κ2) is 4.16. The maximum absolute atomic E-state index is 6.04. The molecule has 0 bridgehead atoms. The highest BCUT2D eigenvalue weighted by Gasteiger charge is 2.11. The molecule has 2 N–H and O–H groups in total. The van der Waals surface area contributed by atoms with Crippen molar-refractivity contribution in [2.45, 2.75) is 26.3 Å². The van der Waals surface area contributed by atoms with Gasteiger partial charge in [0.1, 0.15) is 0 Å². The summed E-state index contributed by atoms with van der Waals surface area (Å²) in [6.07, 6.45) is 4.12. The van der Waals surface area contributed by atoms with Crippen molar-refractivity contribution >= 4 is 11.3 Å². The number of rotatable bonds is 3. The summed E-state index contributed by atoms with van der Waals surface area (Å²) in [5.41, 5.74) is 8.17.